The number of carbonyl (C=O) groups excluding carboxylic acids is 1. The van der Waals surface area contributed by atoms with Gasteiger partial charge in [0.2, 0.25) is 0 Å². The topological polar surface area (TPSA) is 47.6 Å². The lowest BCUT2D eigenvalue weighted by molar-refractivity contribution is -0.146. The standard InChI is InChI=1S/C16H21NO3/c1-19-15-5-3-4-10-8-14-11(7-13(10)15)6-12(9-17-14)16(18)20-2/h3-5,11-12,14,17H,6-9H2,1-2H3/t11-,12?,14-/m1/s1. The molecule has 1 aromatic carbocycles. The second kappa shape index (κ2) is 5.44. The molecule has 0 bridgehead atoms. The molecule has 1 aliphatic heterocycles. The fraction of sp³-hybridized carbons (Fsp3) is 0.562. The predicted molar refractivity (Wildman–Crippen MR) is 75.8 cm³/mol. The van der Waals surface area contributed by atoms with Gasteiger partial charge in [0, 0.05) is 12.6 Å². The molecule has 1 saturated heterocycles. The van der Waals surface area contributed by atoms with Crippen LogP contribution in [0.15, 0.2) is 18.2 Å². The van der Waals surface area contributed by atoms with Gasteiger partial charge in [-0.1, -0.05) is 12.1 Å². The van der Waals surface area contributed by atoms with Crippen LogP contribution in [0.25, 0.3) is 0 Å². The van der Waals surface area contributed by atoms with Crippen LogP contribution in [0.2, 0.25) is 0 Å². The molecule has 3 rings (SSSR count). The van der Waals surface area contributed by atoms with E-state index in [1.54, 1.807) is 7.11 Å². The van der Waals surface area contributed by atoms with Gasteiger partial charge in [0.15, 0.2) is 0 Å². The first kappa shape index (κ1) is 13.4. The van der Waals surface area contributed by atoms with E-state index in [1.165, 1.54) is 18.2 Å². The minimum Gasteiger partial charge on any atom is -0.496 e. The zero-order chi connectivity index (χ0) is 14.1. The van der Waals surface area contributed by atoms with E-state index >= 15 is 0 Å². The summed E-state index contributed by atoms with van der Waals surface area (Å²) in [6.07, 6.45) is 2.90. The molecule has 4 nitrogen and oxygen atoms in total. The van der Waals surface area contributed by atoms with Gasteiger partial charge in [0.05, 0.1) is 20.1 Å². The van der Waals surface area contributed by atoms with E-state index in [1.807, 2.05) is 6.07 Å². The maximum atomic E-state index is 11.7. The molecule has 1 unspecified atom stereocenters. The summed E-state index contributed by atoms with van der Waals surface area (Å²) in [5.74, 6) is 1.34. The van der Waals surface area contributed by atoms with Crippen molar-refractivity contribution in [1.82, 2.24) is 5.32 Å². The van der Waals surface area contributed by atoms with Crippen LogP contribution >= 0.6 is 0 Å². The van der Waals surface area contributed by atoms with Crippen molar-refractivity contribution in [3.05, 3.63) is 29.3 Å². The quantitative estimate of drug-likeness (QED) is 0.832. The van der Waals surface area contributed by atoms with Gasteiger partial charge in [0.25, 0.3) is 0 Å². The molecule has 0 radical (unpaired) electrons. The van der Waals surface area contributed by atoms with Gasteiger partial charge in [0.1, 0.15) is 5.75 Å². The lowest BCUT2D eigenvalue weighted by Gasteiger charge is -2.40. The molecule has 0 aromatic heterocycles. The highest BCUT2D eigenvalue weighted by atomic mass is 16.5. The molecule has 1 aliphatic carbocycles. The van der Waals surface area contributed by atoms with Crippen molar-refractivity contribution >= 4 is 5.97 Å². The van der Waals surface area contributed by atoms with E-state index in [2.05, 4.69) is 17.4 Å². The highest BCUT2D eigenvalue weighted by Crippen LogP contribution is 2.37. The maximum Gasteiger partial charge on any atom is 0.309 e. The van der Waals surface area contributed by atoms with Crippen molar-refractivity contribution in [3.8, 4) is 5.75 Å². The fourth-order valence-corrected chi connectivity index (χ4v) is 3.61. The van der Waals surface area contributed by atoms with Crippen LogP contribution in [-0.4, -0.2) is 32.8 Å². The highest BCUT2D eigenvalue weighted by molar-refractivity contribution is 5.72. The number of rotatable bonds is 2. The Bertz CT molecular complexity index is 514. The van der Waals surface area contributed by atoms with Crippen LogP contribution < -0.4 is 10.1 Å². The van der Waals surface area contributed by atoms with Gasteiger partial charge >= 0.3 is 5.97 Å². The average molecular weight is 275 g/mol. The Labute approximate surface area is 119 Å². The SMILES string of the molecule is COC(=O)C1CN[C@@H]2Cc3cccc(OC)c3C[C@H]2C1. The molecule has 0 spiro atoms. The first-order valence-corrected chi connectivity index (χ1v) is 7.19. The third-order valence-corrected chi connectivity index (χ3v) is 4.67. The molecule has 108 valence electrons. The van der Waals surface area contributed by atoms with Crippen LogP contribution in [0.4, 0.5) is 0 Å². The van der Waals surface area contributed by atoms with Gasteiger partial charge in [-0.3, -0.25) is 4.79 Å². The third kappa shape index (κ3) is 2.29. The zero-order valence-electron chi connectivity index (χ0n) is 12.0. The molecule has 1 aromatic rings. The number of ether oxygens (including phenoxy) is 2. The molecule has 4 heteroatoms. The molecule has 2 aliphatic rings. The van der Waals surface area contributed by atoms with Crippen molar-refractivity contribution in [3.63, 3.8) is 0 Å². The summed E-state index contributed by atoms with van der Waals surface area (Å²) < 4.78 is 10.4. The summed E-state index contributed by atoms with van der Waals surface area (Å²) in [4.78, 5) is 11.7. The number of carbonyl (C=O) groups is 1. The largest absolute Gasteiger partial charge is 0.496 e. The minimum atomic E-state index is -0.0956. The second-order valence-electron chi connectivity index (χ2n) is 5.74. The van der Waals surface area contributed by atoms with Crippen LogP contribution in [-0.2, 0) is 22.4 Å². The number of hydrogen-bond donors (Lipinski definition) is 1. The minimum absolute atomic E-state index is 0.0162. The Balaban J connectivity index is 1.82. The Hall–Kier alpha value is -1.55. The van der Waals surface area contributed by atoms with Gasteiger partial charge < -0.3 is 14.8 Å². The molecule has 1 N–H and O–H groups in total. The third-order valence-electron chi connectivity index (χ3n) is 4.67. The van der Waals surface area contributed by atoms with Crippen molar-refractivity contribution in [2.75, 3.05) is 20.8 Å². The lowest BCUT2D eigenvalue weighted by Crippen LogP contribution is -2.51. The number of piperidine rings is 1. The van der Waals surface area contributed by atoms with Crippen molar-refractivity contribution in [2.24, 2.45) is 11.8 Å². The van der Waals surface area contributed by atoms with Crippen LogP contribution in [0.1, 0.15) is 17.5 Å². The van der Waals surface area contributed by atoms with E-state index in [0.29, 0.717) is 12.0 Å². The fourth-order valence-electron chi connectivity index (χ4n) is 3.61. The summed E-state index contributed by atoms with van der Waals surface area (Å²) in [5, 5.41) is 3.52. The molecular weight excluding hydrogens is 254 g/mol. The van der Waals surface area contributed by atoms with Gasteiger partial charge in [-0.25, -0.2) is 0 Å². The monoisotopic (exact) mass is 275 g/mol. The summed E-state index contributed by atoms with van der Waals surface area (Å²) in [7, 11) is 3.19. The second-order valence-corrected chi connectivity index (χ2v) is 5.74. The van der Waals surface area contributed by atoms with Crippen LogP contribution in [0, 0.1) is 11.8 Å². The highest BCUT2D eigenvalue weighted by Gasteiger charge is 2.37. The van der Waals surface area contributed by atoms with Crippen molar-refractivity contribution < 1.29 is 14.3 Å². The number of nitrogens with one attached hydrogen (secondary N) is 1. The first-order valence-electron chi connectivity index (χ1n) is 7.19. The summed E-state index contributed by atoms with van der Waals surface area (Å²) in [6.45, 7) is 0.729. The lowest BCUT2D eigenvalue weighted by atomic mass is 9.73. The predicted octanol–water partition coefficient (Wildman–Crippen LogP) is 1.56. The van der Waals surface area contributed by atoms with Crippen molar-refractivity contribution in [2.45, 2.75) is 25.3 Å². The van der Waals surface area contributed by atoms with E-state index in [4.69, 9.17) is 9.47 Å². The Morgan fingerprint density at radius 1 is 1.30 bits per heavy atom. The van der Waals surface area contributed by atoms with Crippen LogP contribution in [0.5, 0.6) is 5.75 Å². The number of hydrogen-bond acceptors (Lipinski definition) is 4. The Kier molecular flexibility index (Phi) is 3.66. The van der Waals surface area contributed by atoms with E-state index < -0.39 is 0 Å². The smallest absolute Gasteiger partial charge is 0.309 e. The molecule has 1 fully saturated rings. The summed E-state index contributed by atoms with van der Waals surface area (Å²) in [6, 6.07) is 6.73. The molecule has 1 heterocycles. The number of methoxy groups -OCH3 is 2. The molecule has 0 amide bonds. The van der Waals surface area contributed by atoms with Crippen molar-refractivity contribution in [1.29, 1.82) is 0 Å². The Morgan fingerprint density at radius 3 is 2.90 bits per heavy atom. The van der Waals surface area contributed by atoms with Crippen LogP contribution in [0.3, 0.4) is 0 Å². The normalized spacial score (nSPS) is 28.2. The molecule has 0 saturated carbocycles. The summed E-state index contributed by atoms with van der Waals surface area (Å²) in [5.41, 5.74) is 2.68. The molecule has 20 heavy (non-hydrogen) atoms. The first-order chi connectivity index (χ1) is 9.72. The maximum absolute atomic E-state index is 11.7. The molecule has 3 atom stereocenters. The summed E-state index contributed by atoms with van der Waals surface area (Å²) >= 11 is 0. The zero-order valence-corrected chi connectivity index (χ0v) is 12.0. The van der Waals surface area contributed by atoms with E-state index in [9.17, 15) is 4.79 Å². The Morgan fingerprint density at radius 2 is 2.15 bits per heavy atom. The van der Waals surface area contributed by atoms with Gasteiger partial charge in [-0.05, 0) is 42.4 Å². The molecular formula is C16H21NO3. The van der Waals surface area contributed by atoms with Gasteiger partial charge in [-0.2, -0.15) is 0 Å². The number of esters is 1. The number of fused-ring (bicyclic) bond motifs is 2. The average Bonchev–Trinajstić information content (AvgIpc) is 2.50. The van der Waals surface area contributed by atoms with Gasteiger partial charge in [-0.15, -0.1) is 0 Å². The van der Waals surface area contributed by atoms with E-state index in [0.717, 1.165) is 31.6 Å². The van der Waals surface area contributed by atoms with E-state index in [-0.39, 0.29) is 11.9 Å². The number of benzene rings is 1.